The summed E-state index contributed by atoms with van der Waals surface area (Å²) in [5.74, 6) is 0. The zero-order valence-electron chi connectivity index (χ0n) is 17.3. The van der Waals surface area contributed by atoms with E-state index in [1.165, 1.54) is 6.26 Å². The van der Waals surface area contributed by atoms with Crippen LogP contribution in [0.3, 0.4) is 0 Å². The Morgan fingerprint density at radius 2 is 1.63 bits per heavy atom. The molecule has 0 aliphatic rings. The number of nitrogens with zero attached hydrogens (tertiary/aromatic N) is 4. The number of pyridine rings is 2. The lowest BCUT2D eigenvalue weighted by Crippen LogP contribution is -1.96. The van der Waals surface area contributed by atoms with Crippen molar-refractivity contribution in [1.29, 1.82) is 0 Å². The van der Waals surface area contributed by atoms with Gasteiger partial charge in [-0.3, -0.25) is 14.6 Å². The van der Waals surface area contributed by atoms with Crippen LogP contribution >= 0.6 is 0 Å². The number of aromatic nitrogens is 4. The molecular weight excluding hydrogens is 396 g/mol. The Morgan fingerprint density at radius 3 is 2.30 bits per heavy atom. The quantitative estimate of drug-likeness (QED) is 0.496. The fourth-order valence-electron chi connectivity index (χ4n) is 3.42. The molecule has 3 heterocycles. The minimum Gasteiger partial charge on any atom is -0.272 e. The lowest BCUT2D eigenvalue weighted by Gasteiger charge is -2.08. The summed E-state index contributed by atoms with van der Waals surface area (Å²) < 4.78 is 25.3. The van der Waals surface area contributed by atoms with Gasteiger partial charge in [-0.15, -0.1) is 0 Å². The SMILES string of the molecule is Cc1cccc(-c2nn(C)c(C)c2-c2ccnc(-c3ccc(S(C)(=O)=O)cc3)c2)n1. The lowest BCUT2D eigenvalue weighted by molar-refractivity contribution is 0.602. The van der Waals surface area contributed by atoms with E-state index in [4.69, 9.17) is 5.10 Å². The van der Waals surface area contributed by atoms with Crippen LogP contribution in [-0.4, -0.2) is 34.4 Å². The number of sulfone groups is 1. The number of rotatable bonds is 4. The zero-order chi connectivity index (χ0) is 21.5. The highest BCUT2D eigenvalue weighted by atomic mass is 32.2. The van der Waals surface area contributed by atoms with E-state index in [1.807, 2.05) is 55.9 Å². The molecule has 0 aliphatic carbocycles. The molecule has 4 rings (SSSR count). The molecule has 0 atom stereocenters. The van der Waals surface area contributed by atoms with Crippen LogP contribution in [0.5, 0.6) is 0 Å². The molecule has 6 nitrogen and oxygen atoms in total. The summed E-state index contributed by atoms with van der Waals surface area (Å²) in [6.45, 7) is 3.99. The highest BCUT2D eigenvalue weighted by Crippen LogP contribution is 2.34. The van der Waals surface area contributed by atoms with Gasteiger partial charge in [-0.2, -0.15) is 5.10 Å². The maximum Gasteiger partial charge on any atom is 0.175 e. The summed E-state index contributed by atoms with van der Waals surface area (Å²) in [6.07, 6.45) is 2.96. The first-order valence-electron chi connectivity index (χ1n) is 9.48. The second-order valence-corrected chi connectivity index (χ2v) is 9.34. The average Bonchev–Trinajstić information content (AvgIpc) is 3.02. The maximum absolute atomic E-state index is 11.7. The summed E-state index contributed by atoms with van der Waals surface area (Å²) in [5.41, 5.74) is 7.21. The number of hydrogen-bond acceptors (Lipinski definition) is 5. The Labute approximate surface area is 176 Å². The van der Waals surface area contributed by atoms with Gasteiger partial charge in [0.25, 0.3) is 0 Å². The second-order valence-electron chi connectivity index (χ2n) is 7.32. The molecule has 30 heavy (non-hydrogen) atoms. The van der Waals surface area contributed by atoms with Crippen LogP contribution in [-0.2, 0) is 16.9 Å². The van der Waals surface area contributed by atoms with Gasteiger partial charge in [-0.25, -0.2) is 8.42 Å². The number of aryl methyl sites for hydroxylation is 2. The Kier molecular flexibility index (Phi) is 4.99. The largest absolute Gasteiger partial charge is 0.272 e. The monoisotopic (exact) mass is 418 g/mol. The first-order chi connectivity index (χ1) is 14.2. The molecule has 0 fully saturated rings. The summed E-state index contributed by atoms with van der Waals surface area (Å²) in [4.78, 5) is 9.43. The lowest BCUT2D eigenvalue weighted by atomic mass is 10.00. The topological polar surface area (TPSA) is 77.7 Å². The predicted molar refractivity (Wildman–Crippen MR) is 118 cm³/mol. The van der Waals surface area contributed by atoms with Crippen molar-refractivity contribution in [1.82, 2.24) is 19.7 Å². The molecule has 0 bridgehead atoms. The smallest absolute Gasteiger partial charge is 0.175 e. The number of benzene rings is 1. The molecule has 0 amide bonds. The van der Waals surface area contributed by atoms with Crippen LogP contribution in [0.2, 0.25) is 0 Å². The van der Waals surface area contributed by atoms with Crippen LogP contribution in [0, 0.1) is 13.8 Å². The normalized spacial score (nSPS) is 11.6. The fourth-order valence-corrected chi connectivity index (χ4v) is 4.06. The van der Waals surface area contributed by atoms with E-state index in [1.54, 1.807) is 30.5 Å². The van der Waals surface area contributed by atoms with E-state index in [0.717, 1.165) is 45.2 Å². The van der Waals surface area contributed by atoms with Crippen molar-refractivity contribution in [2.24, 2.45) is 7.05 Å². The molecule has 7 heteroatoms. The third-order valence-corrected chi connectivity index (χ3v) is 6.22. The minimum absolute atomic E-state index is 0.290. The summed E-state index contributed by atoms with van der Waals surface area (Å²) in [6, 6.07) is 16.6. The highest BCUT2D eigenvalue weighted by Gasteiger charge is 2.18. The third kappa shape index (κ3) is 3.76. The first-order valence-corrected chi connectivity index (χ1v) is 11.4. The Hall–Kier alpha value is -3.32. The van der Waals surface area contributed by atoms with Gasteiger partial charge in [-0.05, 0) is 55.8 Å². The highest BCUT2D eigenvalue weighted by molar-refractivity contribution is 7.90. The molecule has 0 saturated carbocycles. The van der Waals surface area contributed by atoms with Crippen molar-refractivity contribution in [3.63, 3.8) is 0 Å². The van der Waals surface area contributed by atoms with Crippen LogP contribution in [0.25, 0.3) is 33.8 Å². The van der Waals surface area contributed by atoms with Gasteiger partial charge < -0.3 is 0 Å². The van der Waals surface area contributed by atoms with Crippen molar-refractivity contribution in [2.45, 2.75) is 18.7 Å². The van der Waals surface area contributed by atoms with Crippen LogP contribution in [0.15, 0.2) is 65.7 Å². The summed E-state index contributed by atoms with van der Waals surface area (Å²) in [5, 5.41) is 4.71. The fraction of sp³-hybridized carbons (Fsp3) is 0.174. The molecule has 0 aliphatic heterocycles. The van der Waals surface area contributed by atoms with Crippen LogP contribution in [0.4, 0.5) is 0 Å². The molecule has 3 aromatic heterocycles. The van der Waals surface area contributed by atoms with Gasteiger partial charge in [0.05, 0.1) is 16.3 Å². The van der Waals surface area contributed by atoms with Crippen molar-refractivity contribution >= 4 is 9.84 Å². The molecule has 152 valence electrons. The zero-order valence-corrected chi connectivity index (χ0v) is 18.1. The van der Waals surface area contributed by atoms with Gasteiger partial charge in [0.15, 0.2) is 9.84 Å². The van der Waals surface area contributed by atoms with E-state index in [0.29, 0.717) is 4.90 Å². The van der Waals surface area contributed by atoms with E-state index in [2.05, 4.69) is 9.97 Å². The summed E-state index contributed by atoms with van der Waals surface area (Å²) in [7, 11) is -1.31. The molecule has 4 aromatic rings. The Morgan fingerprint density at radius 1 is 0.900 bits per heavy atom. The second kappa shape index (κ2) is 7.50. The molecule has 0 saturated heterocycles. The molecular formula is C23H22N4O2S. The maximum atomic E-state index is 11.7. The summed E-state index contributed by atoms with van der Waals surface area (Å²) >= 11 is 0. The first kappa shape index (κ1) is 20.0. The van der Waals surface area contributed by atoms with E-state index in [9.17, 15) is 8.42 Å². The molecule has 1 aromatic carbocycles. The molecule has 0 N–H and O–H groups in total. The van der Waals surface area contributed by atoms with E-state index < -0.39 is 9.84 Å². The molecule has 0 radical (unpaired) electrons. The molecule has 0 unspecified atom stereocenters. The Bertz CT molecular complexity index is 1340. The van der Waals surface area contributed by atoms with Gasteiger partial charge >= 0.3 is 0 Å². The minimum atomic E-state index is -3.23. The third-order valence-electron chi connectivity index (χ3n) is 5.09. The van der Waals surface area contributed by atoms with Gasteiger partial charge in [0.2, 0.25) is 0 Å². The van der Waals surface area contributed by atoms with Crippen molar-refractivity contribution in [2.75, 3.05) is 6.26 Å². The Balaban J connectivity index is 1.82. The van der Waals surface area contributed by atoms with E-state index in [-0.39, 0.29) is 0 Å². The molecule has 0 spiro atoms. The van der Waals surface area contributed by atoms with Crippen molar-refractivity contribution in [3.05, 3.63) is 72.2 Å². The number of hydrogen-bond donors (Lipinski definition) is 0. The van der Waals surface area contributed by atoms with Crippen molar-refractivity contribution < 1.29 is 8.42 Å². The van der Waals surface area contributed by atoms with E-state index >= 15 is 0 Å². The van der Waals surface area contributed by atoms with Crippen LogP contribution in [0.1, 0.15) is 11.4 Å². The standard InChI is InChI=1S/C23H22N4O2S/c1-15-6-5-7-20(25-15)23-22(16(2)27(3)26-23)18-12-13-24-21(14-18)17-8-10-19(11-9-17)30(4,28)29/h5-14H,1-4H3. The van der Waals surface area contributed by atoms with Gasteiger partial charge in [-0.1, -0.05) is 18.2 Å². The van der Waals surface area contributed by atoms with Crippen molar-refractivity contribution in [3.8, 4) is 33.8 Å². The van der Waals surface area contributed by atoms with Crippen LogP contribution < -0.4 is 0 Å². The van der Waals surface area contributed by atoms with Gasteiger partial charge in [0.1, 0.15) is 5.69 Å². The average molecular weight is 419 g/mol. The van der Waals surface area contributed by atoms with Gasteiger partial charge in [0, 0.05) is 42.0 Å². The predicted octanol–water partition coefficient (Wildman–Crippen LogP) is 4.23.